The van der Waals surface area contributed by atoms with Crippen LogP contribution in [0, 0.1) is 0 Å². The summed E-state index contributed by atoms with van der Waals surface area (Å²) >= 11 is 5.85. The van der Waals surface area contributed by atoms with Gasteiger partial charge in [-0.25, -0.2) is 4.79 Å². The van der Waals surface area contributed by atoms with Crippen LogP contribution in [0.2, 0.25) is 5.02 Å². The molecule has 26 heavy (non-hydrogen) atoms. The van der Waals surface area contributed by atoms with Crippen LogP contribution >= 0.6 is 11.6 Å². The van der Waals surface area contributed by atoms with E-state index in [4.69, 9.17) is 11.6 Å². The van der Waals surface area contributed by atoms with E-state index in [0.29, 0.717) is 28.4 Å². The summed E-state index contributed by atoms with van der Waals surface area (Å²) in [6.07, 6.45) is 0.355. The third-order valence-corrected chi connectivity index (χ3v) is 3.87. The van der Waals surface area contributed by atoms with Gasteiger partial charge in [-0.2, -0.15) is 0 Å². The topological polar surface area (TPSA) is 97.0 Å². The lowest BCUT2D eigenvalue weighted by Gasteiger charge is -2.06. The van der Waals surface area contributed by atoms with Gasteiger partial charge in [-0.3, -0.25) is 9.78 Å². The number of nitrogens with zero attached hydrogens (tertiary/aromatic N) is 2. The van der Waals surface area contributed by atoms with E-state index >= 15 is 0 Å². The molecule has 0 radical (unpaired) electrons. The van der Waals surface area contributed by atoms with E-state index in [0.717, 1.165) is 5.56 Å². The van der Waals surface area contributed by atoms with Crippen LogP contribution in [0.1, 0.15) is 21.6 Å². The number of anilines is 2. The van der Waals surface area contributed by atoms with Crippen molar-refractivity contribution >= 4 is 29.2 Å². The number of halogens is 1. The van der Waals surface area contributed by atoms with E-state index in [1.807, 2.05) is 12.1 Å². The van der Waals surface area contributed by atoms with Crippen molar-refractivity contribution in [3.8, 4) is 0 Å². The highest BCUT2D eigenvalue weighted by atomic mass is 35.5. The lowest BCUT2D eigenvalue weighted by Crippen LogP contribution is -2.18. The van der Waals surface area contributed by atoms with Crippen molar-refractivity contribution in [2.75, 3.05) is 12.4 Å². The smallest absolute Gasteiger partial charge is 0.337 e. The minimum absolute atomic E-state index is 0.209. The van der Waals surface area contributed by atoms with Crippen molar-refractivity contribution in [1.82, 2.24) is 15.2 Å². The quantitative estimate of drug-likeness (QED) is 0.670. The van der Waals surface area contributed by atoms with Gasteiger partial charge in [0.2, 0.25) is 5.95 Å². The van der Waals surface area contributed by atoms with E-state index in [-0.39, 0.29) is 11.5 Å². The minimum atomic E-state index is -0.420. The first-order chi connectivity index (χ1) is 12.5. The molecule has 0 saturated heterocycles. The third kappa shape index (κ3) is 4.25. The van der Waals surface area contributed by atoms with E-state index in [1.165, 1.54) is 7.11 Å². The normalized spacial score (nSPS) is 10.4. The van der Waals surface area contributed by atoms with Crippen molar-refractivity contribution < 1.29 is 9.53 Å². The number of hydrogen-bond donors (Lipinski definition) is 2. The van der Waals surface area contributed by atoms with Gasteiger partial charge < -0.3 is 10.1 Å². The molecule has 8 heteroatoms. The van der Waals surface area contributed by atoms with Crippen LogP contribution in [0.5, 0.6) is 0 Å². The van der Waals surface area contributed by atoms with E-state index in [9.17, 15) is 9.59 Å². The average Bonchev–Trinajstić information content (AvgIpc) is 2.65. The summed E-state index contributed by atoms with van der Waals surface area (Å²) in [5.74, 6) is -0.211. The number of ether oxygens (including phenoxy) is 1. The van der Waals surface area contributed by atoms with E-state index in [2.05, 4.69) is 25.2 Å². The molecule has 7 nitrogen and oxygen atoms in total. The summed E-state index contributed by atoms with van der Waals surface area (Å²) in [6, 6.07) is 13.7. The molecule has 0 spiro atoms. The first-order valence-electron chi connectivity index (χ1n) is 7.71. The van der Waals surface area contributed by atoms with Gasteiger partial charge in [-0.05, 0) is 42.0 Å². The third-order valence-electron chi connectivity index (χ3n) is 3.62. The molecule has 0 aliphatic rings. The van der Waals surface area contributed by atoms with Gasteiger partial charge >= 0.3 is 5.97 Å². The minimum Gasteiger partial charge on any atom is -0.465 e. The zero-order chi connectivity index (χ0) is 18.5. The second-order valence-corrected chi connectivity index (χ2v) is 5.88. The summed E-state index contributed by atoms with van der Waals surface area (Å²) in [7, 11) is 1.32. The maximum atomic E-state index is 12.2. The van der Waals surface area contributed by atoms with Crippen molar-refractivity contribution in [1.29, 1.82) is 0 Å². The van der Waals surface area contributed by atoms with Crippen LogP contribution < -0.4 is 10.9 Å². The number of rotatable bonds is 5. The fourth-order valence-electron chi connectivity index (χ4n) is 2.27. The number of esters is 1. The van der Waals surface area contributed by atoms with Gasteiger partial charge in [0, 0.05) is 17.1 Å². The van der Waals surface area contributed by atoms with Crippen molar-refractivity contribution in [2.24, 2.45) is 0 Å². The Morgan fingerprint density at radius 3 is 2.42 bits per heavy atom. The fourth-order valence-corrected chi connectivity index (χ4v) is 2.40. The zero-order valence-electron chi connectivity index (χ0n) is 13.8. The number of methoxy groups -OCH3 is 1. The molecule has 132 valence electrons. The monoisotopic (exact) mass is 370 g/mol. The molecule has 0 aliphatic heterocycles. The van der Waals surface area contributed by atoms with Gasteiger partial charge in [-0.15, -0.1) is 10.2 Å². The molecular weight excluding hydrogens is 356 g/mol. The number of hydrogen-bond acceptors (Lipinski definition) is 6. The maximum absolute atomic E-state index is 12.2. The molecule has 3 rings (SSSR count). The number of H-pyrrole nitrogens is 1. The number of aromatic amines is 1. The lowest BCUT2D eigenvalue weighted by atomic mass is 10.1. The summed E-state index contributed by atoms with van der Waals surface area (Å²) in [6.45, 7) is 0. The summed E-state index contributed by atoms with van der Waals surface area (Å²) in [5, 5.41) is 11.5. The Morgan fingerprint density at radius 2 is 1.81 bits per heavy atom. The predicted octanol–water partition coefficient (Wildman–Crippen LogP) is 2.94. The molecule has 0 bridgehead atoms. The average molecular weight is 371 g/mol. The fraction of sp³-hybridized carbons (Fsp3) is 0.111. The van der Waals surface area contributed by atoms with Crippen LogP contribution in [-0.2, 0) is 11.2 Å². The van der Waals surface area contributed by atoms with Crippen molar-refractivity contribution in [2.45, 2.75) is 6.42 Å². The molecule has 1 aromatic heterocycles. The Morgan fingerprint density at radius 1 is 1.12 bits per heavy atom. The largest absolute Gasteiger partial charge is 0.465 e. The number of carbonyl (C=O) groups is 1. The Balaban J connectivity index is 1.72. The van der Waals surface area contributed by atoms with Gasteiger partial charge in [0.15, 0.2) is 0 Å². The highest BCUT2D eigenvalue weighted by molar-refractivity contribution is 6.30. The molecule has 0 unspecified atom stereocenters. The summed E-state index contributed by atoms with van der Waals surface area (Å²) < 4.78 is 4.64. The van der Waals surface area contributed by atoms with Crippen LogP contribution in [0.4, 0.5) is 11.6 Å². The molecule has 0 fully saturated rings. The Bertz CT molecular complexity index is 969. The second kappa shape index (κ2) is 7.79. The summed E-state index contributed by atoms with van der Waals surface area (Å²) in [5.41, 5.74) is 1.96. The van der Waals surface area contributed by atoms with Gasteiger partial charge in [-0.1, -0.05) is 23.7 Å². The van der Waals surface area contributed by atoms with E-state index in [1.54, 1.807) is 36.4 Å². The molecule has 0 amide bonds. The number of benzene rings is 2. The standard InChI is InChI=1S/C18H15ClN4O3/c1-26-17(25)12-4-8-14(9-5-12)20-18-21-16(24)15(22-23-18)10-11-2-6-13(19)7-3-11/h2-9H,10H2,1H3,(H2,20,21,23,24). The van der Waals surface area contributed by atoms with Crippen molar-refractivity contribution in [3.05, 3.63) is 80.7 Å². The molecule has 3 aromatic rings. The molecular formula is C18H15ClN4O3. The highest BCUT2D eigenvalue weighted by Gasteiger charge is 2.08. The Hall–Kier alpha value is -3.19. The number of aromatic nitrogens is 3. The molecule has 0 atom stereocenters. The van der Waals surface area contributed by atoms with E-state index < -0.39 is 5.97 Å². The first kappa shape index (κ1) is 17.6. The van der Waals surface area contributed by atoms with Crippen LogP contribution in [-0.4, -0.2) is 28.3 Å². The number of nitrogens with one attached hydrogen (secondary N) is 2. The van der Waals surface area contributed by atoms with Crippen LogP contribution in [0.3, 0.4) is 0 Å². The van der Waals surface area contributed by atoms with Gasteiger partial charge in [0.25, 0.3) is 5.56 Å². The molecule has 0 aliphatic carbocycles. The maximum Gasteiger partial charge on any atom is 0.337 e. The SMILES string of the molecule is COC(=O)c1ccc(Nc2nnc(Cc3ccc(Cl)cc3)c(=O)[nH]2)cc1. The Kier molecular flexibility index (Phi) is 5.28. The Labute approximate surface area is 154 Å². The first-order valence-corrected chi connectivity index (χ1v) is 8.08. The lowest BCUT2D eigenvalue weighted by molar-refractivity contribution is 0.0601. The van der Waals surface area contributed by atoms with Gasteiger partial charge in [0.1, 0.15) is 5.69 Å². The second-order valence-electron chi connectivity index (χ2n) is 5.45. The summed E-state index contributed by atoms with van der Waals surface area (Å²) in [4.78, 5) is 26.3. The van der Waals surface area contributed by atoms with Crippen LogP contribution in [0.15, 0.2) is 53.3 Å². The highest BCUT2D eigenvalue weighted by Crippen LogP contribution is 2.14. The molecule has 0 saturated carbocycles. The van der Waals surface area contributed by atoms with Crippen molar-refractivity contribution in [3.63, 3.8) is 0 Å². The number of carbonyl (C=O) groups excluding carboxylic acids is 1. The van der Waals surface area contributed by atoms with Gasteiger partial charge in [0.05, 0.1) is 12.7 Å². The molecule has 1 heterocycles. The zero-order valence-corrected chi connectivity index (χ0v) is 14.6. The molecule has 2 aromatic carbocycles. The van der Waals surface area contributed by atoms with Crippen LogP contribution in [0.25, 0.3) is 0 Å². The predicted molar refractivity (Wildman–Crippen MR) is 98.0 cm³/mol. The molecule has 2 N–H and O–H groups in total.